The average molecular weight is 164 g/mol. The van der Waals surface area contributed by atoms with Crippen molar-refractivity contribution in [1.29, 1.82) is 0 Å². The summed E-state index contributed by atoms with van der Waals surface area (Å²) in [6, 6.07) is 7.77. The maximum Gasteiger partial charge on any atom is 0.0869 e. The molecule has 0 bridgehead atoms. The highest BCUT2D eigenvalue weighted by atomic mass is 32.1. The van der Waals surface area contributed by atoms with E-state index in [-0.39, 0.29) is 0 Å². The Morgan fingerprint density at radius 1 is 1.18 bits per heavy atom. The normalized spacial score (nSPS) is 10.5. The van der Waals surface area contributed by atoms with Gasteiger partial charge in [-0.3, -0.25) is 0 Å². The van der Waals surface area contributed by atoms with Gasteiger partial charge in [-0.15, -0.1) is 11.3 Å². The van der Waals surface area contributed by atoms with Gasteiger partial charge in [0.15, 0.2) is 0 Å². The molecule has 2 rings (SSSR count). The number of hydrogen-bond donors (Lipinski definition) is 2. The number of nitrogen functional groups attached to an aromatic ring is 2. The Kier molecular flexibility index (Phi) is 1.26. The minimum Gasteiger partial charge on any atom is -0.398 e. The molecule has 4 N–H and O–H groups in total. The molecule has 11 heavy (non-hydrogen) atoms. The molecule has 56 valence electrons. The fraction of sp³-hybridized carbons (Fsp3) is 0. The monoisotopic (exact) mass is 164 g/mol. The van der Waals surface area contributed by atoms with Crippen LogP contribution in [0.2, 0.25) is 0 Å². The zero-order valence-electron chi connectivity index (χ0n) is 5.87. The van der Waals surface area contributed by atoms with Crippen LogP contribution in [-0.4, -0.2) is 0 Å². The number of benzene rings is 1. The van der Waals surface area contributed by atoms with Crippen molar-refractivity contribution >= 4 is 32.1 Å². The minimum absolute atomic E-state index is 0.809. The lowest BCUT2D eigenvalue weighted by molar-refractivity contribution is 1.81. The van der Waals surface area contributed by atoms with Crippen molar-refractivity contribution in [3.8, 4) is 0 Å². The molecule has 0 unspecified atom stereocenters. The first-order valence-electron chi connectivity index (χ1n) is 3.31. The molecule has 0 aliphatic carbocycles. The molecular formula is C8H8N2S. The van der Waals surface area contributed by atoms with Gasteiger partial charge in [0.1, 0.15) is 0 Å². The number of anilines is 2. The zero-order valence-corrected chi connectivity index (χ0v) is 6.69. The summed E-state index contributed by atoms with van der Waals surface area (Å²) in [5.41, 5.74) is 12.2. The fourth-order valence-corrected chi connectivity index (χ4v) is 1.96. The molecule has 1 aromatic heterocycles. The van der Waals surface area contributed by atoms with Gasteiger partial charge in [0.25, 0.3) is 0 Å². The van der Waals surface area contributed by atoms with E-state index in [9.17, 15) is 0 Å². The largest absolute Gasteiger partial charge is 0.398 e. The van der Waals surface area contributed by atoms with E-state index in [0.717, 1.165) is 20.8 Å². The molecule has 0 saturated heterocycles. The van der Waals surface area contributed by atoms with Crippen LogP contribution in [0, 0.1) is 0 Å². The van der Waals surface area contributed by atoms with Gasteiger partial charge in [0.2, 0.25) is 0 Å². The second-order valence-corrected chi connectivity index (χ2v) is 3.50. The molecule has 3 heteroatoms. The molecule has 2 nitrogen and oxygen atoms in total. The molecule has 1 aromatic carbocycles. The van der Waals surface area contributed by atoms with Crippen LogP contribution in [0.4, 0.5) is 10.7 Å². The lowest BCUT2D eigenvalue weighted by atomic mass is 10.2. The Morgan fingerprint density at radius 2 is 2.00 bits per heavy atom. The van der Waals surface area contributed by atoms with Crippen molar-refractivity contribution in [2.24, 2.45) is 0 Å². The Morgan fingerprint density at radius 3 is 2.73 bits per heavy atom. The Hall–Kier alpha value is -1.22. The lowest BCUT2D eigenvalue weighted by Gasteiger charge is -1.91. The van der Waals surface area contributed by atoms with Crippen LogP contribution in [0.5, 0.6) is 0 Å². The van der Waals surface area contributed by atoms with E-state index in [1.165, 1.54) is 11.3 Å². The number of thiophene rings is 1. The van der Waals surface area contributed by atoms with E-state index in [1.807, 2.05) is 24.3 Å². The Labute approximate surface area is 68.4 Å². The van der Waals surface area contributed by atoms with Gasteiger partial charge in [-0.05, 0) is 17.5 Å². The quantitative estimate of drug-likeness (QED) is 0.585. The van der Waals surface area contributed by atoms with Gasteiger partial charge in [-0.25, -0.2) is 0 Å². The Bertz CT molecular complexity index is 392. The summed E-state index contributed by atoms with van der Waals surface area (Å²) in [4.78, 5) is 0. The van der Waals surface area contributed by atoms with Gasteiger partial charge in [0.05, 0.1) is 9.70 Å². The van der Waals surface area contributed by atoms with Crippen molar-refractivity contribution in [2.75, 3.05) is 11.5 Å². The first kappa shape index (κ1) is 6.49. The molecule has 0 fully saturated rings. The van der Waals surface area contributed by atoms with E-state index in [0.29, 0.717) is 0 Å². The predicted octanol–water partition coefficient (Wildman–Crippen LogP) is 2.07. The van der Waals surface area contributed by atoms with Crippen LogP contribution in [-0.2, 0) is 0 Å². The van der Waals surface area contributed by atoms with Crippen LogP contribution < -0.4 is 11.5 Å². The van der Waals surface area contributed by atoms with Gasteiger partial charge >= 0.3 is 0 Å². The third-order valence-corrected chi connectivity index (χ3v) is 2.62. The molecule has 1 heterocycles. The lowest BCUT2D eigenvalue weighted by Crippen LogP contribution is -1.81. The molecule has 0 aliphatic heterocycles. The summed E-state index contributed by atoms with van der Waals surface area (Å²) < 4.78 is 1.09. The molecule has 0 radical (unpaired) electrons. The van der Waals surface area contributed by atoms with Crippen LogP contribution in [0.3, 0.4) is 0 Å². The van der Waals surface area contributed by atoms with Crippen molar-refractivity contribution in [3.05, 3.63) is 24.3 Å². The summed E-state index contributed by atoms with van der Waals surface area (Å²) in [5.74, 6) is 0. The minimum atomic E-state index is 0.809. The topological polar surface area (TPSA) is 52.0 Å². The molecule has 0 atom stereocenters. The molecule has 2 aromatic rings. The third kappa shape index (κ3) is 0.935. The van der Waals surface area contributed by atoms with Crippen molar-refractivity contribution in [2.45, 2.75) is 0 Å². The standard InChI is InChI=1S/C8H8N2S/c9-6-3-1-2-5-4-7(10)11-8(5)6/h1-4H,9-10H2. The maximum atomic E-state index is 5.72. The average Bonchev–Trinajstić information content (AvgIpc) is 2.31. The second-order valence-electron chi connectivity index (χ2n) is 2.41. The van der Waals surface area contributed by atoms with Gasteiger partial charge in [0, 0.05) is 5.69 Å². The van der Waals surface area contributed by atoms with Gasteiger partial charge in [-0.1, -0.05) is 12.1 Å². The first-order valence-corrected chi connectivity index (χ1v) is 4.12. The van der Waals surface area contributed by atoms with Gasteiger partial charge < -0.3 is 11.5 Å². The molecule has 0 aliphatic rings. The summed E-state index contributed by atoms with van der Waals surface area (Å²) >= 11 is 1.53. The Balaban J connectivity index is 2.90. The molecule has 0 spiro atoms. The van der Waals surface area contributed by atoms with Crippen LogP contribution >= 0.6 is 11.3 Å². The van der Waals surface area contributed by atoms with E-state index < -0.39 is 0 Å². The predicted molar refractivity (Wildman–Crippen MR) is 50.6 cm³/mol. The molecule has 0 saturated carbocycles. The smallest absolute Gasteiger partial charge is 0.0869 e. The highest BCUT2D eigenvalue weighted by molar-refractivity contribution is 7.23. The van der Waals surface area contributed by atoms with E-state index in [2.05, 4.69) is 0 Å². The van der Waals surface area contributed by atoms with Crippen LogP contribution in [0.15, 0.2) is 24.3 Å². The number of fused-ring (bicyclic) bond motifs is 1. The summed E-state index contributed by atoms with van der Waals surface area (Å²) in [5, 5.41) is 1.95. The van der Waals surface area contributed by atoms with E-state index >= 15 is 0 Å². The maximum absolute atomic E-state index is 5.72. The SMILES string of the molecule is Nc1cc2cccc(N)c2s1. The highest BCUT2D eigenvalue weighted by Gasteiger charge is 1.99. The molecular weight excluding hydrogens is 156 g/mol. The third-order valence-electron chi connectivity index (χ3n) is 1.59. The van der Waals surface area contributed by atoms with Crippen LogP contribution in [0.25, 0.3) is 10.1 Å². The highest BCUT2D eigenvalue weighted by Crippen LogP contribution is 2.31. The summed E-state index contributed by atoms with van der Waals surface area (Å²) in [7, 11) is 0. The molecule has 0 amide bonds. The number of nitrogens with two attached hydrogens (primary N) is 2. The first-order chi connectivity index (χ1) is 5.27. The number of hydrogen-bond acceptors (Lipinski definition) is 3. The van der Waals surface area contributed by atoms with E-state index in [1.54, 1.807) is 0 Å². The zero-order chi connectivity index (χ0) is 7.84. The van der Waals surface area contributed by atoms with Crippen molar-refractivity contribution in [1.82, 2.24) is 0 Å². The summed E-state index contributed by atoms with van der Waals surface area (Å²) in [6.45, 7) is 0. The second kappa shape index (κ2) is 2.13. The summed E-state index contributed by atoms with van der Waals surface area (Å²) in [6.07, 6.45) is 0. The van der Waals surface area contributed by atoms with Crippen LogP contribution in [0.1, 0.15) is 0 Å². The van der Waals surface area contributed by atoms with Crippen molar-refractivity contribution < 1.29 is 0 Å². The van der Waals surface area contributed by atoms with E-state index in [4.69, 9.17) is 11.5 Å². The number of rotatable bonds is 0. The van der Waals surface area contributed by atoms with Crippen molar-refractivity contribution in [3.63, 3.8) is 0 Å². The van der Waals surface area contributed by atoms with Gasteiger partial charge in [-0.2, -0.15) is 0 Å². The fourth-order valence-electron chi connectivity index (χ4n) is 1.11.